The molecule has 13 aromatic carbocycles. The van der Waals surface area contributed by atoms with E-state index in [9.17, 15) is 0 Å². The Morgan fingerprint density at radius 1 is 0.287 bits per heavy atom. The third-order valence-corrected chi connectivity index (χ3v) is 23.1. The molecule has 0 fully saturated rings. The average Bonchev–Trinajstić information content (AvgIpc) is 1.60. The molecule has 6 heteroatoms. The highest BCUT2D eigenvalue weighted by Gasteiger charge is 2.54. The van der Waals surface area contributed by atoms with Crippen molar-refractivity contribution in [2.45, 2.75) is 110 Å². The van der Waals surface area contributed by atoms with Crippen molar-refractivity contribution < 1.29 is 4.74 Å². The number of benzene rings is 13. The van der Waals surface area contributed by atoms with E-state index >= 15 is 0 Å². The second kappa shape index (κ2) is 21.6. The molecule has 0 unspecified atom stereocenters. The summed E-state index contributed by atoms with van der Waals surface area (Å²) in [5.41, 5.74) is 37.9. The first kappa shape index (κ1) is 61.3. The fourth-order valence-corrected chi connectivity index (χ4v) is 18.1. The van der Waals surface area contributed by atoms with E-state index in [0.717, 1.165) is 62.6 Å². The van der Waals surface area contributed by atoms with Crippen LogP contribution in [0.1, 0.15) is 128 Å². The molecule has 0 radical (unpaired) electrons. The van der Waals surface area contributed by atoms with Crippen molar-refractivity contribution in [3.63, 3.8) is 0 Å². The molecule has 19 rings (SSSR count). The van der Waals surface area contributed by atoms with Crippen LogP contribution in [0.4, 0.5) is 45.5 Å². The van der Waals surface area contributed by atoms with E-state index in [-0.39, 0.29) is 35.1 Å². The minimum Gasteiger partial charge on any atom is -0.458 e. The minimum absolute atomic E-state index is 0.110. The predicted octanol–water partition coefficient (Wildman–Crippen LogP) is 21.0. The van der Waals surface area contributed by atoms with E-state index < -0.39 is 5.41 Å². The highest BCUT2D eigenvalue weighted by atomic mass is 16.5. The zero-order valence-corrected chi connectivity index (χ0v) is 59.9. The van der Waals surface area contributed by atoms with Gasteiger partial charge in [-0.15, -0.1) is 0 Å². The van der Waals surface area contributed by atoms with Crippen LogP contribution in [0.3, 0.4) is 0 Å². The number of anilines is 8. The molecule has 0 amide bonds. The van der Waals surface area contributed by atoms with Gasteiger partial charge in [0.05, 0.1) is 16.8 Å². The summed E-state index contributed by atoms with van der Waals surface area (Å²) >= 11 is 0. The number of hydrogen-bond acceptors (Lipinski definition) is 4. The first-order valence-electron chi connectivity index (χ1n) is 36.3. The summed E-state index contributed by atoms with van der Waals surface area (Å²) in [5, 5.41) is 4.31. The van der Waals surface area contributed by atoms with Crippen molar-refractivity contribution in [2.24, 2.45) is 0 Å². The molecule has 0 saturated heterocycles. The van der Waals surface area contributed by atoms with E-state index in [2.05, 4.69) is 365 Å². The standard InChI is InChI=1S/C95H81B2N3O/c1-91(2,3)60-43-46-80(69(50-60)57-28-15-13-16-29-57)99-82-56-83-77(97-75-40-25-26-41-86(75)101-87-54-63(94(10,11)12)53-85(90(87)97)100(83)81-47-44-61(92(4,5)6)51-70(81)58-30-17-14-18-31-58)55-76(82)96-74-45-42-62(93(7,8)9)52-78(74)98-79-48-59(49-84(99)89(79)96)64-35-27-36-68-67-34-21-24-39-73(67)95(88(64)68)71-37-22-19-32-65(71)66-33-20-23-38-72(66)95/h13-56,98H,1-12H3. The van der Waals surface area contributed by atoms with Gasteiger partial charge in [-0.3, -0.25) is 0 Å². The van der Waals surface area contributed by atoms with E-state index in [1.165, 1.54) is 127 Å². The average molecular weight is 1300 g/mol. The normalized spacial score (nSPS) is 14.5. The number of nitrogens with zero attached hydrogens (tertiary/aromatic N) is 2. The summed E-state index contributed by atoms with van der Waals surface area (Å²) in [7, 11) is 0. The molecule has 1 N–H and O–H groups in total. The van der Waals surface area contributed by atoms with E-state index in [0.29, 0.717) is 0 Å². The number of fused-ring (bicyclic) bond motifs is 18. The number of ether oxygens (including phenoxy) is 1. The van der Waals surface area contributed by atoms with Gasteiger partial charge < -0.3 is 19.9 Å². The van der Waals surface area contributed by atoms with Gasteiger partial charge in [0.2, 0.25) is 0 Å². The Kier molecular flexibility index (Phi) is 13.1. The summed E-state index contributed by atoms with van der Waals surface area (Å²) in [6, 6.07) is 103. The lowest BCUT2D eigenvalue weighted by Gasteiger charge is -2.45. The quantitative estimate of drug-likeness (QED) is 0.174. The van der Waals surface area contributed by atoms with Crippen molar-refractivity contribution in [2.75, 3.05) is 15.1 Å². The Hall–Kier alpha value is -10.8. The maximum atomic E-state index is 7.33. The first-order valence-corrected chi connectivity index (χ1v) is 36.3. The zero-order valence-electron chi connectivity index (χ0n) is 59.9. The Morgan fingerprint density at radius 2 is 0.752 bits per heavy atom. The Morgan fingerprint density at radius 3 is 1.32 bits per heavy atom. The van der Waals surface area contributed by atoms with Crippen molar-refractivity contribution in [1.29, 1.82) is 0 Å². The molecule has 4 heterocycles. The zero-order chi connectivity index (χ0) is 69.0. The molecule has 4 aliphatic heterocycles. The Bertz CT molecular complexity index is 5620. The van der Waals surface area contributed by atoms with Crippen LogP contribution in [-0.4, -0.2) is 13.4 Å². The highest BCUT2D eigenvalue weighted by Crippen LogP contribution is 2.65. The highest BCUT2D eigenvalue weighted by molar-refractivity contribution is 7.02. The molecule has 0 saturated carbocycles. The maximum absolute atomic E-state index is 7.33. The first-order chi connectivity index (χ1) is 48.6. The summed E-state index contributed by atoms with van der Waals surface area (Å²) in [6.07, 6.45) is 0. The summed E-state index contributed by atoms with van der Waals surface area (Å²) < 4.78 is 7.33. The molecule has 101 heavy (non-hydrogen) atoms. The Balaban J connectivity index is 0.968. The topological polar surface area (TPSA) is 27.7 Å². The van der Waals surface area contributed by atoms with Gasteiger partial charge in [-0.2, -0.15) is 0 Å². The SMILES string of the molecule is CC(C)(C)c1ccc2c(c1)Nc1cc(-c3cccc4c3C3(c5ccccc5-c5ccccc53)c3ccccc3-4)cc3c1B2c1cc2c(cc1N3c1ccc(C(C)(C)C)cc1-c1ccccc1)N(c1ccc(C(C)(C)C)cc1-c1ccccc1)c1cc(C(C)(C)C)cc3c1B2c1ccccc1O3. The van der Waals surface area contributed by atoms with E-state index in [1.807, 2.05) is 0 Å². The number of nitrogens with one attached hydrogen (secondary N) is 1. The van der Waals surface area contributed by atoms with Crippen molar-refractivity contribution in [3.8, 4) is 67.1 Å². The molecule has 0 atom stereocenters. The van der Waals surface area contributed by atoms with Crippen LogP contribution in [0.2, 0.25) is 0 Å². The van der Waals surface area contributed by atoms with E-state index in [1.54, 1.807) is 0 Å². The third-order valence-electron chi connectivity index (χ3n) is 23.1. The Labute approximate surface area is 596 Å². The molecule has 4 nitrogen and oxygen atoms in total. The molecular weight excluding hydrogens is 1220 g/mol. The fraction of sp³-hybridized carbons (Fsp3) is 0.179. The van der Waals surface area contributed by atoms with Crippen molar-refractivity contribution >= 4 is 91.7 Å². The minimum atomic E-state index is -0.583. The van der Waals surface area contributed by atoms with Gasteiger partial charge in [-0.1, -0.05) is 283 Å². The van der Waals surface area contributed by atoms with Crippen LogP contribution >= 0.6 is 0 Å². The monoisotopic (exact) mass is 1300 g/mol. The van der Waals surface area contributed by atoms with Crippen LogP contribution in [0, 0.1) is 0 Å². The predicted molar refractivity (Wildman–Crippen MR) is 429 cm³/mol. The largest absolute Gasteiger partial charge is 0.458 e. The summed E-state index contributed by atoms with van der Waals surface area (Å²) in [4.78, 5) is 5.35. The second-order valence-electron chi connectivity index (χ2n) is 33.2. The van der Waals surface area contributed by atoms with Crippen LogP contribution in [0.15, 0.2) is 267 Å². The molecular formula is C95H81B2N3O. The van der Waals surface area contributed by atoms with E-state index in [4.69, 9.17) is 4.74 Å². The number of para-hydroxylation sites is 1. The van der Waals surface area contributed by atoms with Crippen molar-refractivity contribution in [3.05, 3.63) is 311 Å². The molecule has 13 aromatic rings. The van der Waals surface area contributed by atoms with Gasteiger partial charge in [0.1, 0.15) is 11.5 Å². The molecule has 1 spiro atoms. The molecule has 6 aliphatic rings. The molecule has 2 aliphatic carbocycles. The summed E-state index contributed by atoms with van der Waals surface area (Å²) in [6.45, 7) is 27.7. The smallest absolute Gasteiger partial charge is 0.256 e. The third kappa shape index (κ3) is 9.02. The molecule has 0 bridgehead atoms. The van der Waals surface area contributed by atoms with Gasteiger partial charge >= 0.3 is 0 Å². The van der Waals surface area contributed by atoms with Crippen molar-refractivity contribution in [1.82, 2.24) is 0 Å². The summed E-state index contributed by atoms with van der Waals surface area (Å²) in [5.74, 6) is 1.81. The van der Waals surface area contributed by atoms with Gasteiger partial charge in [0, 0.05) is 45.3 Å². The number of rotatable bonds is 5. The lowest BCUT2D eigenvalue weighted by molar-refractivity contribution is 0.483. The van der Waals surface area contributed by atoms with Gasteiger partial charge in [0.15, 0.2) is 0 Å². The van der Waals surface area contributed by atoms with Crippen LogP contribution < -0.4 is 52.6 Å². The molecule has 0 aromatic heterocycles. The maximum Gasteiger partial charge on any atom is 0.256 e. The van der Waals surface area contributed by atoms with Crippen LogP contribution in [0.25, 0.3) is 55.6 Å². The molecule has 488 valence electrons. The fourth-order valence-electron chi connectivity index (χ4n) is 18.1. The van der Waals surface area contributed by atoms with Crippen LogP contribution in [0.5, 0.6) is 11.5 Å². The van der Waals surface area contributed by atoms with Crippen LogP contribution in [-0.2, 0) is 27.1 Å². The number of hydrogen-bond donors (Lipinski definition) is 1. The second-order valence-corrected chi connectivity index (χ2v) is 33.2. The lowest BCUT2D eigenvalue weighted by atomic mass is 9.30. The van der Waals surface area contributed by atoms with Gasteiger partial charge in [0.25, 0.3) is 13.4 Å². The lowest BCUT2D eigenvalue weighted by Crippen LogP contribution is -2.64. The van der Waals surface area contributed by atoms with Gasteiger partial charge in [-0.05, 0) is 210 Å². The van der Waals surface area contributed by atoms with Gasteiger partial charge in [-0.25, -0.2) is 0 Å².